The second kappa shape index (κ2) is 13.1. The van der Waals surface area contributed by atoms with Crippen LogP contribution in [0.4, 0.5) is 0 Å². The van der Waals surface area contributed by atoms with E-state index in [9.17, 15) is 14.4 Å². The Labute approximate surface area is 155 Å². The van der Waals surface area contributed by atoms with Gasteiger partial charge in [-0.2, -0.15) is 37.9 Å². The molecule has 0 saturated carbocycles. The number of amides is 1. The maximum absolute atomic E-state index is 12.3. The first-order valence-corrected chi connectivity index (χ1v) is 9.76. The topological polar surface area (TPSA) is 75.3 Å². The van der Waals surface area contributed by atoms with Gasteiger partial charge in [-0.1, -0.05) is 13.8 Å². The minimum Gasteiger partial charge on any atom is -0.345 e. The number of carbonyl (C=O) groups is 3. The predicted octanol–water partition coefficient (Wildman–Crippen LogP) is 1.18. The van der Waals surface area contributed by atoms with Crippen LogP contribution in [0.15, 0.2) is 0 Å². The van der Waals surface area contributed by atoms with Gasteiger partial charge in [-0.25, -0.2) is 0 Å². The van der Waals surface area contributed by atoms with Crippen molar-refractivity contribution in [1.29, 1.82) is 0 Å². The van der Waals surface area contributed by atoms with Crippen LogP contribution in [-0.4, -0.2) is 53.4 Å². The fourth-order valence-corrected chi connectivity index (χ4v) is 3.01. The average Bonchev–Trinajstić information content (AvgIpc) is 2.54. The highest BCUT2D eigenvalue weighted by Crippen LogP contribution is 2.11. The molecular formula is C15H28N2O3S3. The highest BCUT2D eigenvalue weighted by Gasteiger charge is 2.27. The highest BCUT2D eigenvalue weighted by molar-refractivity contribution is 7.80. The van der Waals surface area contributed by atoms with Gasteiger partial charge in [-0.15, -0.1) is 0 Å². The van der Waals surface area contributed by atoms with Crippen molar-refractivity contribution in [2.75, 3.05) is 23.8 Å². The number of rotatable bonds is 13. The first-order valence-electron chi connectivity index (χ1n) is 7.86. The zero-order chi connectivity index (χ0) is 17.8. The fraction of sp³-hybridized carbons (Fsp3) is 0.800. The van der Waals surface area contributed by atoms with Gasteiger partial charge in [0.05, 0.1) is 18.0 Å². The standard InChI is InChI=1S/C15H28N2O3S3/c1-3-5-13(18)12(9-23)17-15(20)10(7-21)6-14(19)11(8-22)16-4-2/h10-12,16,21-23H,3-9H2,1-2H3,(H,17,20)/t10-,11-,12-/m1/s1. The van der Waals surface area contributed by atoms with Gasteiger partial charge < -0.3 is 10.6 Å². The van der Waals surface area contributed by atoms with Gasteiger partial charge in [0.25, 0.3) is 0 Å². The molecule has 0 aromatic heterocycles. The van der Waals surface area contributed by atoms with Crippen molar-refractivity contribution in [2.24, 2.45) is 5.92 Å². The summed E-state index contributed by atoms with van der Waals surface area (Å²) in [6, 6.07) is -0.987. The minimum atomic E-state index is -0.613. The second-order valence-electron chi connectivity index (χ2n) is 5.30. The lowest BCUT2D eigenvalue weighted by atomic mass is 9.99. The van der Waals surface area contributed by atoms with Crippen molar-refractivity contribution >= 4 is 55.4 Å². The lowest BCUT2D eigenvalue weighted by molar-refractivity contribution is -0.131. The van der Waals surface area contributed by atoms with E-state index in [4.69, 9.17) is 0 Å². The summed E-state index contributed by atoms with van der Waals surface area (Å²) in [5, 5.41) is 5.73. The first kappa shape index (κ1) is 22.8. The van der Waals surface area contributed by atoms with Crippen molar-refractivity contribution < 1.29 is 14.4 Å². The van der Waals surface area contributed by atoms with Crippen LogP contribution >= 0.6 is 37.9 Å². The van der Waals surface area contributed by atoms with E-state index >= 15 is 0 Å². The Morgan fingerprint density at radius 2 is 1.52 bits per heavy atom. The van der Waals surface area contributed by atoms with Crippen molar-refractivity contribution in [3.05, 3.63) is 0 Å². The van der Waals surface area contributed by atoms with Crippen LogP contribution in [0.3, 0.4) is 0 Å². The van der Waals surface area contributed by atoms with E-state index in [1.807, 2.05) is 13.8 Å². The van der Waals surface area contributed by atoms with E-state index < -0.39 is 12.0 Å². The summed E-state index contributed by atoms with van der Waals surface area (Å²) in [7, 11) is 0. The number of hydrogen-bond acceptors (Lipinski definition) is 7. The molecule has 0 unspecified atom stereocenters. The molecule has 0 aliphatic rings. The van der Waals surface area contributed by atoms with Gasteiger partial charge >= 0.3 is 0 Å². The Morgan fingerprint density at radius 1 is 0.913 bits per heavy atom. The number of ketones is 2. The molecule has 0 radical (unpaired) electrons. The van der Waals surface area contributed by atoms with E-state index in [1.165, 1.54) is 0 Å². The Kier molecular flexibility index (Phi) is 13.0. The molecule has 0 saturated heterocycles. The summed E-state index contributed by atoms with van der Waals surface area (Å²) in [6.45, 7) is 4.47. The number of carbonyl (C=O) groups excluding carboxylic acids is 3. The van der Waals surface area contributed by atoms with E-state index in [2.05, 4.69) is 48.5 Å². The molecule has 0 aliphatic carbocycles. The van der Waals surface area contributed by atoms with Crippen molar-refractivity contribution in [3.8, 4) is 0 Å². The van der Waals surface area contributed by atoms with Gasteiger partial charge in [0, 0.05) is 30.1 Å². The van der Waals surface area contributed by atoms with Crippen LogP contribution in [0.2, 0.25) is 0 Å². The molecule has 0 rings (SSSR count). The number of likely N-dealkylation sites (N-methyl/N-ethyl adjacent to an activating group) is 1. The largest absolute Gasteiger partial charge is 0.345 e. The molecule has 0 aromatic carbocycles. The normalized spacial score (nSPS) is 14.8. The van der Waals surface area contributed by atoms with Crippen LogP contribution in [0.5, 0.6) is 0 Å². The van der Waals surface area contributed by atoms with Gasteiger partial charge in [0.15, 0.2) is 11.6 Å². The molecule has 23 heavy (non-hydrogen) atoms. The van der Waals surface area contributed by atoms with Gasteiger partial charge in [-0.3, -0.25) is 14.4 Å². The molecular weight excluding hydrogens is 352 g/mol. The fourth-order valence-electron chi connectivity index (χ4n) is 2.09. The molecule has 5 nitrogen and oxygen atoms in total. The Bertz CT molecular complexity index is 394. The van der Waals surface area contributed by atoms with Gasteiger partial charge in [0.1, 0.15) is 0 Å². The second-order valence-corrected chi connectivity index (χ2v) is 6.40. The van der Waals surface area contributed by atoms with Crippen LogP contribution < -0.4 is 10.6 Å². The summed E-state index contributed by atoms with van der Waals surface area (Å²) in [5.74, 6) is -0.144. The average molecular weight is 381 g/mol. The highest BCUT2D eigenvalue weighted by atomic mass is 32.1. The molecule has 1 amide bonds. The summed E-state index contributed by atoms with van der Waals surface area (Å²) in [5.41, 5.74) is 0. The third-order valence-electron chi connectivity index (χ3n) is 3.44. The van der Waals surface area contributed by atoms with Crippen LogP contribution in [-0.2, 0) is 14.4 Å². The van der Waals surface area contributed by atoms with Crippen molar-refractivity contribution in [2.45, 2.75) is 45.2 Å². The molecule has 0 aromatic rings. The van der Waals surface area contributed by atoms with E-state index in [0.29, 0.717) is 18.7 Å². The molecule has 2 N–H and O–H groups in total. The van der Waals surface area contributed by atoms with Crippen LogP contribution in [0.25, 0.3) is 0 Å². The molecule has 0 bridgehead atoms. The molecule has 3 atom stereocenters. The Hall–Kier alpha value is -0.180. The third-order valence-corrected chi connectivity index (χ3v) is 4.62. The molecule has 134 valence electrons. The third kappa shape index (κ3) is 8.47. The Balaban J connectivity index is 4.72. The summed E-state index contributed by atoms with van der Waals surface area (Å²) in [6.07, 6.45) is 1.20. The lowest BCUT2D eigenvalue weighted by Crippen LogP contribution is -2.47. The molecule has 0 heterocycles. The lowest BCUT2D eigenvalue weighted by Gasteiger charge is -2.21. The summed E-state index contributed by atoms with van der Waals surface area (Å²) in [4.78, 5) is 36.5. The smallest absolute Gasteiger partial charge is 0.224 e. The SMILES string of the molecule is CCCC(=O)[C@@H](CS)NC(=O)[C@@H](CS)CC(=O)[C@@H](CS)NCC. The zero-order valence-electron chi connectivity index (χ0n) is 13.7. The maximum Gasteiger partial charge on any atom is 0.224 e. The zero-order valence-corrected chi connectivity index (χ0v) is 16.4. The predicted molar refractivity (Wildman–Crippen MR) is 104 cm³/mol. The number of Topliss-reactive ketones (excluding diaryl/α,β-unsaturated/α-hetero) is 2. The first-order chi connectivity index (χ1) is 10.9. The van der Waals surface area contributed by atoms with Crippen LogP contribution in [0, 0.1) is 5.92 Å². The molecule has 0 fully saturated rings. The number of nitrogens with one attached hydrogen (secondary N) is 2. The Morgan fingerprint density at radius 3 is 1.96 bits per heavy atom. The van der Waals surface area contributed by atoms with Crippen LogP contribution in [0.1, 0.15) is 33.1 Å². The maximum atomic E-state index is 12.3. The van der Waals surface area contributed by atoms with Crippen molar-refractivity contribution in [3.63, 3.8) is 0 Å². The number of thiol groups is 3. The van der Waals surface area contributed by atoms with E-state index in [0.717, 1.165) is 6.42 Å². The van der Waals surface area contributed by atoms with Crippen molar-refractivity contribution in [1.82, 2.24) is 10.6 Å². The van der Waals surface area contributed by atoms with E-state index in [1.54, 1.807) is 0 Å². The summed E-state index contributed by atoms with van der Waals surface area (Å²) < 4.78 is 0. The van der Waals surface area contributed by atoms with Gasteiger partial charge in [0.2, 0.25) is 5.91 Å². The number of hydrogen-bond donors (Lipinski definition) is 5. The quantitative estimate of drug-likeness (QED) is 0.311. The monoisotopic (exact) mass is 380 g/mol. The molecule has 0 spiro atoms. The minimum absolute atomic E-state index is 0.0408. The summed E-state index contributed by atoms with van der Waals surface area (Å²) >= 11 is 12.4. The molecule has 0 aliphatic heterocycles. The van der Waals surface area contributed by atoms with E-state index in [-0.39, 0.29) is 41.4 Å². The molecule has 8 heteroatoms. The van der Waals surface area contributed by atoms with Gasteiger partial charge in [-0.05, 0) is 13.0 Å².